The van der Waals surface area contributed by atoms with Gasteiger partial charge in [0.25, 0.3) is 5.91 Å². The largest absolute Gasteiger partial charge is 0.347 e. The predicted octanol–water partition coefficient (Wildman–Crippen LogP) is 4.60. The highest BCUT2D eigenvalue weighted by Gasteiger charge is 2.09. The second-order valence-corrected chi connectivity index (χ2v) is 8.36. The molecule has 3 heterocycles. The number of carbonyl (C=O) groups excluding carboxylic acids is 1. The minimum atomic E-state index is -0.0850. The Morgan fingerprint density at radius 1 is 1.11 bits per heavy atom. The van der Waals surface area contributed by atoms with E-state index in [4.69, 9.17) is 0 Å². The topological polar surface area (TPSA) is 59.8 Å². The lowest BCUT2D eigenvalue weighted by molar-refractivity contribution is 0.0951. The van der Waals surface area contributed by atoms with Crippen LogP contribution in [0, 0.1) is 13.8 Å². The molecule has 1 amide bonds. The lowest BCUT2D eigenvalue weighted by Crippen LogP contribution is -2.22. The molecule has 0 bridgehead atoms. The minimum Gasteiger partial charge on any atom is -0.347 e. The van der Waals surface area contributed by atoms with Gasteiger partial charge in [-0.15, -0.1) is 22.7 Å². The summed E-state index contributed by atoms with van der Waals surface area (Å²) in [4.78, 5) is 19.2. The number of amides is 1. The molecule has 4 rings (SSSR count). The molecule has 0 fully saturated rings. The van der Waals surface area contributed by atoms with E-state index >= 15 is 0 Å². The predicted molar refractivity (Wildman–Crippen MR) is 110 cm³/mol. The molecule has 0 unspecified atom stereocenters. The number of hydrogen-bond acceptors (Lipinski definition) is 5. The SMILES string of the molecule is Cc1nc(-c2ccc(CNC(=O)c3ccc(-n4nccc4C)cc3)s2)cs1. The maximum absolute atomic E-state index is 12.4. The number of thiazole rings is 1. The summed E-state index contributed by atoms with van der Waals surface area (Å²) in [6.45, 7) is 4.50. The van der Waals surface area contributed by atoms with E-state index in [1.54, 1.807) is 28.9 Å². The number of aryl methyl sites for hydroxylation is 2. The lowest BCUT2D eigenvalue weighted by Gasteiger charge is -2.07. The number of hydrogen-bond donors (Lipinski definition) is 1. The van der Waals surface area contributed by atoms with E-state index in [2.05, 4.69) is 26.8 Å². The van der Waals surface area contributed by atoms with Crippen molar-refractivity contribution >= 4 is 28.6 Å². The van der Waals surface area contributed by atoms with Crippen LogP contribution in [0.1, 0.15) is 25.9 Å². The van der Waals surface area contributed by atoms with Crippen molar-refractivity contribution in [3.8, 4) is 16.3 Å². The Hall–Kier alpha value is -2.77. The molecule has 136 valence electrons. The van der Waals surface area contributed by atoms with Gasteiger partial charge < -0.3 is 5.32 Å². The van der Waals surface area contributed by atoms with Gasteiger partial charge in [0.05, 0.1) is 27.8 Å². The van der Waals surface area contributed by atoms with Gasteiger partial charge in [-0.05, 0) is 56.3 Å². The molecule has 3 aromatic heterocycles. The molecule has 0 aliphatic heterocycles. The van der Waals surface area contributed by atoms with Crippen LogP contribution in [0.4, 0.5) is 0 Å². The van der Waals surface area contributed by atoms with Crippen LogP contribution in [-0.4, -0.2) is 20.7 Å². The van der Waals surface area contributed by atoms with Crippen LogP contribution < -0.4 is 5.32 Å². The maximum atomic E-state index is 12.4. The van der Waals surface area contributed by atoms with Crippen molar-refractivity contribution in [3.63, 3.8) is 0 Å². The number of thiophene rings is 1. The average molecular weight is 395 g/mol. The van der Waals surface area contributed by atoms with E-state index in [9.17, 15) is 4.79 Å². The number of carbonyl (C=O) groups is 1. The summed E-state index contributed by atoms with van der Waals surface area (Å²) in [6, 6.07) is 13.5. The first-order valence-electron chi connectivity index (χ1n) is 8.50. The normalized spacial score (nSPS) is 10.9. The fourth-order valence-electron chi connectivity index (χ4n) is 2.75. The molecule has 4 aromatic rings. The number of aromatic nitrogens is 3. The molecule has 1 N–H and O–H groups in total. The van der Waals surface area contributed by atoms with Gasteiger partial charge in [0, 0.05) is 27.7 Å². The Balaban J connectivity index is 1.39. The van der Waals surface area contributed by atoms with E-state index in [-0.39, 0.29) is 5.91 Å². The van der Waals surface area contributed by atoms with E-state index in [1.807, 2.05) is 54.9 Å². The van der Waals surface area contributed by atoms with Gasteiger partial charge in [-0.3, -0.25) is 4.79 Å². The van der Waals surface area contributed by atoms with Crippen molar-refractivity contribution in [2.75, 3.05) is 0 Å². The highest BCUT2D eigenvalue weighted by atomic mass is 32.1. The van der Waals surface area contributed by atoms with Crippen molar-refractivity contribution in [2.45, 2.75) is 20.4 Å². The van der Waals surface area contributed by atoms with Crippen molar-refractivity contribution < 1.29 is 4.79 Å². The Kier molecular flexibility index (Phi) is 4.87. The number of nitrogens with one attached hydrogen (secondary N) is 1. The standard InChI is InChI=1S/C20H18N4OS2/c1-13-9-10-22-24(13)16-5-3-15(4-6-16)20(25)21-11-17-7-8-19(27-17)18-12-26-14(2)23-18/h3-10,12H,11H2,1-2H3,(H,21,25). The summed E-state index contributed by atoms with van der Waals surface area (Å²) in [7, 11) is 0. The third-order valence-electron chi connectivity index (χ3n) is 4.16. The summed E-state index contributed by atoms with van der Waals surface area (Å²) < 4.78 is 1.84. The van der Waals surface area contributed by atoms with Crippen LogP contribution in [0.5, 0.6) is 0 Å². The molecule has 7 heteroatoms. The van der Waals surface area contributed by atoms with Gasteiger partial charge in [0.2, 0.25) is 0 Å². The molecule has 0 spiro atoms. The molecule has 0 saturated carbocycles. The molecular formula is C20H18N4OS2. The summed E-state index contributed by atoms with van der Waals surface area (Å²) in [5.41, 5.74) is 3.63. The zero-order valence-electron chi connectivity index (χ0n) is 15.0. The first-order valence-corrected chi connectivity index (χ1v) is 10.2. The Bertz CT molecular complexity index is 1080. The minimum absolute atomic E-state index is 0.0850. The summed E-state index contributed by atoms with van der Waals surface area (Å²) in [5.74, 6) is -0.0850. The maximum Gasteiger partial charge on any atom is 0.251 e. The monoisotopic (exact) mass is 394 g/mol. The Labute approximate surface area is 165 Å². The van der Waals surface area contributed by atoms with Crippen molar-refractivity contribution in [1.82, 2.24) is 20.1 Å². The second kappa shape index (κ2) is 7.46. The third kappa shape index (κ3) is 3.84. The first-order chi connectivity index (χ1) is 13.1. The van der Waals surface area contributed by atoms with Crippen molar-refractivity contribution in [1.29, 1.82) is 0 Å². The second-order valence-electron chi connectivity index (χ2n) is 6.13. The highest BCUT2D eigenvalue weighted by Crippen LogP contribution is 2.29. The average Bonchev–Trinajstić information content (AvgIpc) is 3.41. The van der Waals surface area contributed by atoms with Crippen LogP contribution in [-0.2, 0) is 6.54 Å². The molecule has 0 saturated heterocycles. The Morgan fingerprint density at radius 3 is 2.59 bits per heavy atom. The zero-order chi connectivity index (χ0) is 18.8. The molecule has 0 atom stereocenters. The van der Waals surface area contributed by atoms with Gasteiger partial charge >= 0.3 is 0 Å². The third-order valence-corrected chi connectivity index (χ3v) is 6.04. The quantitative estimate of drug-likeness (QED) is 0.538. The van der Waals surface area contributed by atoms with Crippen molar-refractivity contribution in [2.24, 2.45) is 0 Å². The van der Waals surface area contributed by atoms with Crippen LogP contribution >= 0.6 is 22.7 Å². The fourth-order valence-corrected chi connectivity index (χ4v) is 4.35. The van der Waals surface area contributed by atoms with Gasteiger partial charge in [-0.25, -0.2) is 9.67 Å². The molecule has 1 aromatic carbocycles. The van der Waals surface area contributed by atoms with Crippen LogP contribution in [0.15, 0.2) is 54.0 Å². The van der Waals surface area contributed by atoms with Gasteiger partial charge in [0.15, 0.2) is 0 Å². The molecular weight excluding hydrogens is 376 g/mol. The van der Waals surface area contributed by atoms with Gasteiger partial charge in [-0.2, -0.15) is 5.10 Å². The Morgan fingerprint density at radius 2 is 1.93 bits per heavy atom. The fraction of sp³-hybridized carbons (Fsp3) is 0.150. The van der Waals surface area contributed by atoms with E-state index < -0.39 is 0 Å². The van der Waals surface area contributed by atoms with Crippen LogP contribution in [0.2, 0.25) is 0 Å². The van der Waals surface area contributed by atoms with Crippen molar-refractivity contribution in [3.05, 3.63) is 75.2 Å². The number of benzene rings is 1. The first kappa shape index (κ1) is 17.6. The molecule has 0 radical (unpaired) electrons. The molecule has 0 aliphatic rings. The lowest BCUT2D eigenvalue weighted by atomic mass is 10.2. The number of rotatable bonds is 5. The van der Waals surface area contributed by atoms with E-state index in [0.717, 1.165) is 31.8 Å². The summed E-state index contributed by atoms with van der Waals surface area (Å²) in [5, 5.41) is 10.4. The smallest absolute Gasteiger partial charge is 0.251 e. The molecule has 27 heavy (non-hydrogen) atoms. The summed E-state index contributed by atoms with van der Waals surface area (Å²) >= 11 is 3.30. The zero-order valence-corrected chi connectivity index (χ0v) is 16.6. The van der Waals surface area contributed by atoms with Crippen LogP contribution in [0.25, 0.3) is 16.3 Å². The van der Waals surface area contributed by atoms with Crippen LogP contribution in [0.3, 0.4) is 0 Å². The molecule has 5 nitrogen and oxygen atoms in total. The molecule has 0 aliphatic carbocycles. The van der Waals surface area contributed by atoms with E-state index in [1.165, 1.54) is 0 Å². The summed E-state index contributed by atoms with van der Waals surface area (Å²) in [6.07, 6.45) is 1.76. The van der Waals surface area contributed by atoms with E-state index in [0.29, 0.717) is 12.1 Å². The van der Waals surface area contributed by atoms with Gasteiger partial charge in [-0.1, -0.05) is 0 Å². The highest BCUT2D eigenvalue weighted by molar-refractivity contribution is 7.16. The van der Waals surface area contributed by atoms with Gasteiger partial charge in [0.1, 0.15) is 0 Å². The number of nitrogens with zero attached hydrogens (tertiary/aromatic N) is 3.